The number of hydrogen-bond donors (Lipinski definition) is 1. The summed E-state index contributed by atoms with van der Waals surface area (Å²) >= 11 is 0. The minimum Gasteiger partial charge on any atom is -0.496 e. The maximum Gasteiger partial charge on any atom is 0.123 e. The van der Waals surface area contributed by atoms with E-state index in [1.165, 1.54) is 0 Å². The fourth-order valence-corrected chi connectivity index (χ4v) is 2.93. The Bertz CT molecular complexity index is 395. The van der Waals surface area contributed by atoms with Crippen LogP contribution in [0.5, 0.6) is 5.75 Å². The van der Waals surface area contributed by atoms with Gasteiger partial charge in [0.25, 0.3) is 0 Å². The molecule has 102 valence electrons. The number of rotatable bonds is 7. The SMILES string of the molecule is CCC(NC(C)CS(C)=O)c1ccccc1OC. The van der Waals surface area contributed by atoms with Crippen molar-refractivity contribution in [1.82, 2.24) is 5.32 Å². The average molecular weight is 269 g/mol. The van der Waals surface area contributed by atoms with Gasteiger partial charge in [0, 0.05) is 40.5 Å². The van der Waals surface area contributed by atoms with Crippen molar-refractivity contribution >= 4 is 10.8 Å². The highest BCUT2D eigenvalue weighted by Gasteiger charge is 2.16. The molecule has 4 heteroatoms. The average Bonchev–Trinajstić information content (AvgIpc) is 2.35. The Morgan fingerprint density at radius 3 is 2.61 bits per heavy atom. The lowest BCUT2D eigenvalue weighted by Crippen LogP contribution is -2.34. The molecule has 1 N–H and O–H groups in total. The van der Waals surface area contributed by atoms with E-state index in [-0.39, 0.29) is 12.1 Å². The van der Waals surface area contributed by atoms with Gasteiger partial charge in [-0.1, -0.05) is 25.1 Å². The van der Waals surface area contributed by atoms with Crippen molar-refractivity contribution in [3.8, 4) is 5.75 Å². The lowest BCUT2D eigenvalue weighted by molar-refractivity contribution is 0.391. The van der Waals surface area contributed by atoms with Gasteiger partial charge in [-0.25, -0.2) is 0 Å². The third-order valence-electron chi connectivity index (χ3n) is 2.89. The Kier molecular flexibility index (Phi) is 6.36. The van der Waals surface area contributed by atoms with Crippen molar-refractivity contribution in [2.45, 2.75) is 32.4 Å². The van der Waals surface area contributed by atoms with Gasteiger partial charge in [0.05, 0.1) is 7.11 Å². The summed E-state index contributed by atoms with van der Waals surface area (Å²) in [6.07, 6.45) is 2.71. The van der Waals surface area contributed by atoms with Crippen LogP contribution < -0.4 is 10.1 Å². The molecule has 0 saturated heterocycles. The predicted molar refractivity (Wildman–Crippen MR) is 77.6 cm³/mol. The largest absolute Gasteiger partial charge is 0.496 e. The highest BCUT2D eigenvalue weighted by atomic mass is 32.2. The third-order valence-corrected chi connectivity index (χ3v) is 3.86. The molecule has 0 bridgehead atoms. The zero-order valence-electron chi connectivity index (χ0n) is 11.6. The van der Waals surface area contributed by atoms with Gasteiger partial charge < -0.3 is 10.1 Å². The van der Waals surface area contributed by atoms with Crippen LogP contribution >= 0.6 is 0 Å². The molecule has 18 heavy (non-hydrogen) atoms. The maximum absolute atomic E-state index is 11.2. The zero-order valence-corrected chi connectivity index (χ0v) is 12.4. The van der Waals surface area contributed by atoms with Crippen LogP contribution in [0.4, 0.5) is 0 Å². The molecule has 3 unspecified atom stereocenters. The van der Waals surface area contributed by atoms with Crippen molar-refractivity contribution < 1.29 is 8.95 Å². The third kappa shape index (κ3) is 4.42. The Morgan fingerprint density at radius 1 is 1.39 bits per heavy atom. The standard InChI is InChI=1S/C14H23NO2S/c1-5-13(15-11(2)10-18(4)16)12-8-6-7-9-14(12)17-3/h6-9,11,13,15H,5,10H2,1-4H3. The lowest BCUT2D eigenvalue weighted by Gasteiger charge is -2.23. The van der Waals surface area contributed by atoms with E-state index in [1.54, 1.807) is 13.4 Å². The van der Waals surface area contributed by atoms with E-state index in [1.807, 2.05) is 18.2 Å². The molecule has 1 aromatic carbocycles. The molecule has 0 fully saturated rings. The summed E-state index contributed by atoms with van der Waals surface area (Å²) in [7, 11) is 0.919. The quantitative estimate of drug-likeness (QED) is 0.826. The van der Waals surface area contributed by atoms with Crippen molar-refractivity contribution in [2.24, 2.45) is 0 Å². The first-order chi connectivity index (χ1) is 8.58. The van der Waals surface area contributed by atoms with Crippen LogP contribution in [0.1, 0.15) is 31.9 Å². The van der Waals surface area contributed by atoms with E-state index in [0.717, 1.165) is 17.7 Å². The van der Waals surface area contributed by atoms with Gasteiger partial charge in [-0.3, -0.25) is 4.21 Å². The second-order valence-corrected chi connectivity index (χ2v) is 5.99. The Hall–Kier alpha value is -0.870. The van der Waals surface area contributed by atoms with E-state index in [4.69, 9.17) is 4.74 Å². The predicted octanol–water partition coefficient (Wildman–Crippen LogP) is 2.50. The van der Waals surface area contributed by atoms with E-state index in [0.29, 0.717) is 5.75 Å². The number of benzene rings is 1. The van der Waals surface area contributed by atoms with Crippen molar-refractivity contribution in [1.29, 1.82) is 0 Å². The van der Waals surface area contributed by atoms with Crippen molar-refractivity contribution in [3.05, 3.63) is 29.8 Å². The van der Waals surface area contributed by atoms with Gasteiger partial charge in [-0.15, -0.1) is 0 Å². The van der Waals surface area contributed by atoms with Crippen LogP contribution in [0.3, 0.4) is 0 Å². The van der Waals surface area contributed by atoms with Crippen molar-refractivity contribution in [2.75, 3.05) is 19.1 Å². The Labute approximate surface area is 112 Å². The second kappa shape index (κ2) is 7.54. The summed E-state index contributed by atoms with van der Waals surface area (Å²) in [5, 5.41) is 3.52. The molecular formula is C14H23NO2S. The minimum absolute atomic E-state index is 0.227. The topological polar surface area (TPSA) is 38.3 Å². The van der Waals surface area contributed by atoms with Crippen LogP contribution in [0.2, 0.25) is 0 Å². The van der Waals surface area contributed by atoms with Gasteiger partial charge in [0.2, 0.25) is 0 Å². The summed E-state index contributed by atoms with van der Waals surface area (Å²) in [5.41, 5.74) is 1.16. The van der Waals surface area contributed by atoms with Crippen molar-refractivity contribution in [3.63, 3.8) is 0 Å². The molecule has 0 radical (unpaired) electrons. The molecule has 1 rings (SSSR count). The molecule has 0 aliphatic rings. The van der Waals surface area contributed by atoms with Crippen LogP contribution in [-0.4, -0.2) is 29.4 Å². The monoisotopic (exact) mass is 269 g/mol. The van der Waals surface area contributed by atoms with E-state index in [9.17, 15) is 4.21 Å². The van der Waals surface area contributed by atoms with Crippen LogP contribution in [0.15, 0.2) is 24.3 Å². The van der Waals surface area contributed by atoms with Crippen LogP contribution in [0, 0.1) is 0 Å². The zero-order chi connectivity index (χ0) is 13.5. The summed E-state index contributed by atoms with van der Waals surface area (Å²) in [6.45, 7) is 4.21. The molecule has 0 aromatic heterocycles. The highest BCUT2D eigenvalue weighted by molar-refractivity contribution is 7.84. The number of methoxy groups -OCH3 is 1. The molecule has 0 aliphatic heterocycles. The lowest BCUT2D eigenvalue weighted by atomic mass is 10.0. The highest BCUT2D eigenvalue weighted by Crippen LogP contribution is 2.27. The summed E-state index contributed by atoms with van der Waals surface area (Å²) in [6, 6.07) is 8.51. The molecule has 1 aromatic rings. The molecule has 0 aliphatic carbocycles. The fraction of sp³-hybridized carbons (Fsp3) is 0.571. The maximum atomic E-state index is 11.2. The summed E-state index contributed by atoms with van der Waals surface area (Å²) in [4.78, 5) is 0. The van der Waals surface area contributed by atoms with Gasteiger partial charge in [-0.2, -0.15) is 0 Å². The van der Waals surface area contributed by atoms with Crippen LogP contribution in [-0.2, 0) is 10.8 Å². The van der Waals surface area contributed by atoms with E-state index < -0.39 is 10.8 Å². The molecule has 3 atom stereocenters. The van der Waals surface area contributed by atoms with Crippen LogP contribution in [0.25, 0.3) is 0 Å². The summed E-state index contributed by atoms with van der Waals surface area (Å²) < 4.78 is 16.6. The van der Waals surface area contributed by atoms with Gasteiger partial charge >= 0.3 is 0 Å². The number of nitrogens with one attached hydrogen (secondary N) is 1. The molecule has 3 nitrogen and oxygen atoms in total. The fourth-order valence-electron chi connectivity index (χ4n) is 2.13. The number of hydrogen-bond acceptors (Lipinski definition) is 3. The smallest absolute Gasteiger partial charge is 0.123 e. The number of para-hydroxylation sites is 1. The summed E-state index contributed by atoms with van der Waals surface area (Å²) in [5.74, 6) is 1.58. The second-order valence-electron chi connectivity index (χ2n) is 4.51. The Morgan fingerprint density at radius 2 is 2.06 bits per heavy atom. The van der Waals surface area contributed by atoms with Gasteiger partial charge in [-0.05, 0) is 19.4 Å². The number of ether oxygens (including phenoxy) is 1. The van der Waals surface area contributed by atoms with Gasteiger partial charge in [0.1, 0.15) is 5.75 Å². The molecule has 0 spiro atoms. The van der Waals surface area contributed by atoms with E-state index in [2.05, 4.69) is 25.2 Å². The van der Waals surface area contributed by atoms with E-state index >= 15 is 0 Å². The first-order valence-electron chi connectivity index (χ1n) is 6.27. The Balaban J connectivity index is 2.79. The first-order valence-corrected chi connectivity index (χ1v) is 8.00. The molecule has 0 amide bonds. The van der Waals surface area contributed by atoms with Gasteiger partial charge in [0.15, 0.2) is 0 Å². The molecular weight excluding hydrogens is 246 g/mol. The molecule has 0 saturated carbocycles. The normalized spacial score (nSPS) is 16.0. The molecule has 0 heterocycles. The minimum atomic E-state index is -0.771. The first kappa shape index (κ1) is 15.2.